The molecule has 1 N–H and O–H groups in total. The molecule has 9 heteroatoms. The molecule has 0 saturated heterocycles. The van der Waals surface area contributed by atoms with Crippen LogP contribution in [-0.4, -0.2) is 61.1 Å². The van der Waals surface area contributed by atoms with Crippen LogP contribution in [0.5, 0.6) is 5.88 Å². The van der Waals surface area contributed by atoms with E-state index in [9.17, 15) is 8.78 Å². The molecule has 0 atom stereocenters. The van der Waals surface area contributed by atoms with E-state index in [0.717, 1.165) is 5.70 Å². The molecule has 0 bridgehead atoms. The number of hydrogen-bond donors (Lipinski definition) is 1. The fraction of sp³-hybridized carbons (Fsp3) is 0.429. The standard InChI is InChI=1S/C14H20F2N6O/c1-10(2)22(4)20-6-5-18-14-19-8-11(7-17-3)13(21-14)23-9-12(15)16/h6-8,12H,1,5,9H2,2-4H3,(H,18,19,21)/b17-7-,20-6-. The lowest BCUT2D eigenvalue weighted by Gasteiger charge is -2.11. The van der Waals surface area contributed by atoms with Gasteiger partial charge in [0.2, 0.25) is 11.8 Å². The van der Waals surface area contributed by atoms with Gasteiger partial charge in [0.1, 0.15) is 0 Å². The number of nitrogens with one attached hydrogen (secondary N) is 1. The number of alkyl halides is 2. The van der Waals surface area contributed by atoms with Crippen molar-refractivity contribution >= 4 is 18.4 Å². The highest BCUT2D eigenvalue weighted by atomic mass is 19.3. The quantitative estimate of drug-likeness (QED) is 0.555. The van der Waals surface area contributed by atoms with Crippen LogP contribution in [0.15, 0.2) is 28.6 Å². The van der Waals surface area contributed by atoms with Crippen molar-refractivity contribution in [3.63, 3.8) is 0 Å². The van der Waals surface area contributed by atoms with E-state index in [1.165, 1.54) is 12.4 Å². The summed E-state index contributed by atoms with van der Waals surface area (Å²) in [5.74, 6) is 0.288. The van der Waals surface area contributed by atoms with Crippen LogP contribution in [-0.2, 0) is 0 Å². The molecule has 23 heavy (non-hydrogen) atoms. The highest BCUT2D eigenvalue weighted by Crippen LogP contribution is 2.15. The zero-order valence-corrected chi connectivity index (χ0v) is 13.3. The van der Waals surface area contributed by atoms with Crippen molar-refractivity contribution in [1.82, 2.24) is 15.0 Å². The zero-order valence-electron chi connectivity index (χ0n) is 13.3. The van der Waals surface area contributed by atoms with E-state index in [-0.39, 0.29) is 11.8 Å². The van der Waals surface area contributed by atoms with Crippen LogP contribution in [0, 0.1) is 0 Å². The third-order valence-corrected chi connectivity index (χ3v) is 2.55. The van der Waals surface area contributed by atoms with Gasteiger partial charge >= 0.3 is 0 Å². The maximum atomic E-state index is 12.3. The van der Waals surface area contributed by atoms with E-state index in [0.29, 0.717) is 12.1 Å². The Bertz CT molecular complexity index is 576. The maximum Gasteiger partial charge on any atom is 0.272 e. The van der Waals surface area contributed by atoms with Crippen molar-refractivity contribution in [3.05, 3.63) is 24.0 Å². The summed E-state index contributed by atoms with van der Waals surface area (Å²) >= 11 is 0. The number of hydrazone groups is 1. The zero-order chi connectivity index (χ0) is 17.2. The lowest BCUT2D eigenvalue weighted by molar-refractivity contribution is 0.0795. The molecule has 1 aromatic heterocycles. The Kier molecular flexibility index (Phi) is 7.58. The molecule has 126 valence electrons. The fourth-order valence-corrected chi connectivity index (χ4v) is 1.34. The highest BCUT2D eigenvalue weighted by molar-refractivity contribution is 5.82. The molecule has 0 spiro atoms. The Balaban J connectivity index is 2.72. The predicted octanol–water partition coefficient (Wildman–Crippen LogP) is 2.03. The lowest BCUT2D eigenvalue weighted by atomic mass is 10.3. The van der Waals surface area contributed by atoms with Gasteiger partial charge < -0.3 is 10.1 Å². The summed E-state index contributed by atoms with van der Waals surface area (Å²) in [5, 5.41) is 8.61. The second-order valence-corrected chi connectivity index (χ2v) is 4.48. The van der Waals surface area contributed by atoms with Gasteiger partial charge in [-0.2, -0.15) is 10.1 Å². The Morgan fingerprint density at radius 2 is 2.30 bits per heavy atom. The first-order chi connectivity index (χ1) is 10.9. The predicted molar refractivity (Wildman–Crippen MR) is 86.6 cm³/mol. The summed E-state index contributed by atoms with van der Waals surface area (Å²) in [6.07, 6.45) is 1.91. The van der Waals surface area contributed by atoms with E-state index in [4.69, 9.17) is 4.74 Å². The highest BCUT2D eigenvalue weighted by Gasteiger charge is 2.10. The maximum absolute atomic E-state index is 12.3. The molecule has 0 radical (unpaired) electrons. The minimum atomic E-state index is -2.59. The van der Waals surface area contributed by atoms with Crippen molar-refractivity contribution in [2.24, 2.45) is 10.1 Å². The number of rotatable bonds is 9. The summed E-state index contributed by atoms with van der Waals surface area (Å²) in [6, 6.07) is 0. The Labute approximate surface area is 133 Å². The summed E-state index contributed by atoms with van der Waals surface area (Å²) < 4.78 is 29.5. The summed E-state index contributed by atoms with van der Waals surface area (Å²) in [5.41, 5.74) is 1.22. The molecule has 1 rings (SSSR count). The number of nitrogens with zero attached hydrogens (tertiary/aromatic N) is 5. The van der Waals surface area contributed by atoms with Crippen LogP contribution in [0.1, 0.15) is 12.5 Å². The molecule has 0 aliphatic rings. The average Bonchev–Trinajstić information content (AvgIpc) is 2.51. The van der Waals surface area contributed by atoms with Crippen molar-refractivity contribution in [1.29, 1.82) is 0 Å². The molecular formula is C14H20F2N6O. The van der Waals surface area contributed by atoms with Gasteiger partial charge in [-0.3, -0.25) is 10.0 Å². The summed E-state index contributed by atoms with van der Waals surface area (Å²) in [7, 11) is 3.32. The normalized spacial score (nSPS) is 11.4. The summed E-state index contributed by atoms with van der Waals surface area (Å²) in [6.45, 7) is 5.18. The second kappa shape index (κ2) is 9.44. The van der Waals surface area contributed by atoms with E-state index >= 15 is 0 Å². The average molecular weight is 326 g/mol. The molecule has 0 aromatic carbocycles. The van der Waals surface area contributed by atoms with E-state index < -0.39 is 13.0 Å². The minimum absolute atomic E-state index is 0.0457. The third kappa shape index (κ3) is 6.81. The number of aromatic nitrogens is 2. The van der Waals surface area contributed by atoms with Crippen LogP contribution >= 0.6 is 0 Å². The number of anilines is 1. The molecule has 0 aliphatic heterocycles. The Hall–Kier alpha value is -2.58. The van der Waals surface area contributed by atoms with Gasteiger partial charge in [0.25, 0.3) is 6.43 Å². The van der Waals surface area contributed by atoms with Gasteiger partial charge in [-0.1, -0.05) is 6.58 Å². The molecule has 0 unspecified atom stereocenters. The van der Waals surface area contributed by atoms with Crippen LogP contribution in [0.25, 0.3) is 0 Å². The van der Waals surface area contributed by atoms with Crippen LogP contribution < -0.4 is 10.1 Å². The smallest absolute Gasteiger partial charge is 0.272 e. The Morgan fingerprint density at radius 3 is 2.91 bits per heavy atom. The van der Waals surface area contributed by atoms with Gasteiger partial charge in [0.15, 0.2) is 6.61 Å². The van der Waals surface area contributed by atoms with Gasteiger partial charge in [0.05, 0.1) is 12.1 Å². The molecular weight excluding hydrogens is 306 g/mol. The topological polar surface area (TPSA) is 75.0 Å². The molecule has 0 fully saturated rings. The first-order valence-electron chi connectivity index (χ1n) is 6.79. The van der Waals surface area contributed by atoms with Crippen LogP contribution in [0.4, 0.5) is 14.7 Å². The van der Waals surface area contributed by atoms with E-state index in [1.807, 2.05) is 6.92 Å². The number of ether oxygens (including phenoxy) is 1. The first kappa shape index (κ1) is 18.5. The van der Waals surface area contributed by atoms with Crippen LogP contribution in [0.3, 0.4) is 0 Å². The molecule has 1 heterocycles. The molecule has 7 nitrogen and oxygen atoms in total. The largest absolute Gasteiger partial charge is 0.471 e. The van der Waals surface area contributed by atoms with E-state index in [1.54, 1.807) is 25.3 Å². The lowest BCUT2D eigenvalue weighted by Crippen LogP contribution is -2.13. The van der Waals surface area contributed by atoms with Crippen molar-refractivity contribution in [3.8, 4) is 5.88 Å². The summed E-state index contributed by atoms with van der Waals surface area (Å²) in [4.78, 5) is 11.9. The molecule has 0 aliphatic carbocycles. The second-order valence-electron chi connectivity index (χ2n) is 4.48. The van der Waals surface area contributed by atoms with Crippen molar-refractivity contribution in [2.75, 3.05) is 32.6 Å². The first-order valence-corrected chi connectivity index (χ1v) is 6.79. The van der Waals surface area contributed by atoms with Crippen molar-refractivity contribution < 1.29 is 13.5 Å². The molecule has 0 amide bonds. The molecule has 0 saturated carbocycles. The van der Waals surface area contributed by atoms with Gasteiger partial charge in [0, 0.05) is 38.4 Å². The van der Waals surface area contributed by atoms with Gasteiger partial charge in [-0.25, -0.2) is 13.8 Å². The van der Waals surface area contributed by atoms with Crippen molar-refractivity contribution in [2.45, 2.75) is 13.3 Å². The number of hydrogen-bond acceptors (Lipinski definition) is 7. The number of allylic oxidation sites excluding steroid dienone is 1. The fourth-order valence-electron chi connectivity index (χ4n) is 1.34. The Morgan fingerprint density at radius 1 is 1.57 bits per heavy atom. The van der Waals surface area contributed by atoms with Gasteiger partial charge in [-0.05, 0) is 6.92 Å². The van der Waals surface area contributed by atoms with E-state index in [2.05, 4.69) is 32.0 Å². The number of halogens is 2. The third-order valence-electron chi connectivity index (χ3n) is 2.55. The SMILES string of the molecule is C=C(C)N(C)/N=C\CNc1ncc(/C=N\C)c(OCC(F)F)n1. The molecule has 1 aromatic rings. The number of aliphatic imine (C=N–C) groups is 1. The van der Waals surface area contributed by atoms with Crippen LogP contribution in [0.2, 0.25) is 0 Å². The minimum Gasteiger partial charge on any atom is -0.471 e. The monoisotopic (exact) mass is 326 g/mol. The van der Waals surface area contributed by atoms with Gasteiger partial charge in [-0.15, -0.1) is 0 Å².